The number of benzene rings is 1. The second-order valence-corrected chi connectivity index (χ2v) is 6.02. The highest BCUT2D eigenvalue weighted by Gasteiger charge is 2.25. The monoisotopic (exact) mass is 325 g/mol. The van der Waals surface area contributed by atoms with Gasteiger partial charge in [-0.05, 0) is 37.9 Å². The van der Waals surface area contributed by atoms with Crippen molar-refractivity contribution in [1.29, 1.82) is 0 Å². The maximum absolute atomic E-state index is 12.7. The molecule has 122 valence electrons. The van der Waals surface area contributed by atoms with Crippen LogP contribution in [0.25, 0.3) is 0 Å². The van der Waals surface area contributed by atoms with E-state index in [1.54, 1.807) is 12.1 Å². The van der Waals surface area contributed by atoms with Gasteiger partial charge >= 0.3 is 0 Å². The number of hydrogen-bond acceptors (Lipinski definition) is 4. The van der Waals surface area contributed by atoms with E-state index in [-0.39, 0.29) is 5.91 Å². The zero-order valence-electron chi connectivity index (χ0n) is 13.2. The van der Waals surface area contributed by atoms with E-state index in [1.165, 1.54) is 7.11 Å². The number of nitrogens with one attached hydrogen (secondary N) is 1. The van der Waals surface area contributed by atoms with E-state index in [0.29, 0.717) is 27.9 Å². The fourth-order valence-corrected chi connectivity index (χ4v) is 2.93. The molecule has 0 bridgehead atoms. The van der Waals surface area contributed by atoms with Crippen LogP contribution in [-0.4, -0.2) is 44.1 Å². The first-order chi connectivity index (χ1) is 10.6. The Morgan fingerprint density at radius 2 is 2.14 bits per heavy atom. The molecule has 0 aliphatic carbocycles. The first-order valence-corrected chi connectivity index (χ1v) is 8.07. The molecule has 6 heteroatoms. The maximum Gasteiger partial charge on any atom is 0.257 e. The van der Waals surface area contributed by atoms with Crippen LogP contribution < -0.4 is 15.8 Å². The van der Waals surface area contributed by atoms with Gasteiger partial charge in [-0.2, -0.15) is 0 Å². The number of halogens is 1. The Hall–Kier alpha value is -1.46. The third-order valence-electron chi connectivity index (χ3n) is 4.13. The van der Waals surface area contributed by atoms with Gasteiger partial charge in [0.1, 0.15) is 5.75 Å². The Labute approximate surface area is 136 Å². The number of hydrogen-bond donors (Lipinski definition) is 2. The Balaban J connectivity index is 2.05. The lowest BCUT2D eigenvalue weighted by Crippen LogP contribution is -2.40. The molecule has 0 saturated carbocycles. The van der Waals surface area contributed by atoms with Crippen LogP contribution in [0.2, 0.25) is 5.02 Å². The van der Waals surface area contributed by atoms with Crippen molar-refractivity contribution in [3.8, 4) is 5.75 Å². The van der Waals surface area contributed by atoms with Gasteiger partial charge in [-0.25, -0.2) is 0 Å². The normalized spacial score (nSPS) is 15.9. The number of methoxy groups -OCH3 is 1. The van der Waals surface area contributed by atoms with Crippen LogP contribution in [0.15, 0.2) is 12.1 Å². The molecule has 2 rings (SSSR count). The largest absolute Gasteiger partial charge is 0.496 e. The molecule has 3 N–H and O–H groups in total. The molecule has 1 aromatic carbocycles. The van der Waals surface area contributed by atoms with Crippen molar-refractivity contribution < 1.29 is 9.53 Å². The van der Waals surface area contributed by atoms with E-state index >= 15 is 0 Å². The van der Waals surface area contributed by atoms with E-state index < -0.39 is 0 Å². The van der Waals surface area contributed by atoms with Gasteiger partial charge in [0.25, 0.3) is 5.91 Å². The SMILES string of the molecule is CCNCC1CCN(C(=O)c2cc(Cl)c(N)cc2OC)CC1. The van der Waals surface area contributed by atoms with Gasteiger partial charge in [0.2, 0.25) is 0 Å². The number of carbonyl (C=O) groups excluding carboxylic acids is 1. The zero-order chi connectivity index (χ0) is 16.1. The van der Waals surface area contributed by atoms with E-state index in [4.69, 9.17) is 22.1 Å². The molecule has 5 nitrogen and oxygen atoms in total. The second-order valence-electron chi connectivity index (χ2n) is 5.62. The molecule has 0 aromatic heterocycles. The van der Waals surface area contributed by atoms with Gasteiger partial charge in [-0.15, -0.1) is 0 Å². The third kappa shape index (κ3) is 3.84. The third-order valence-corrected chi connectivity index (χ3v) is 4.46. The van der Waals surface area contributed by atoms with Crippen LogP contribution in [0.3, 0.4) is 0 Å². The van der Waals surface area contributed by atoms with Gasteiger partial charge in [-0.1, -0.05) is 18.5 Å². The number of carbonyl (C=O) groups is 1. The minimum atomic E-state index is -0.0411. The van der Waals surface area contributed by atoms with Crippen molar-refractivity contribution in [1.82, 2.24) is 10.2 Å². The summed E-state index contributed by atoms with van der Waals surface area (Å²) in [6.45, 7) is 5.64. The highest BCUT2D eigenvalue weighted by molar-refractivity contribution is 6.33. The van der Waals surface area contributed by atoms with Crippen molar-refractivity contribution in [2.24, 2.45) is 5.92 Å². The zero-order valence-corrected chi connectivity index (χ0v) is 13.9. The number of likely N-dealkylation sites (tertiary alicyclic amines) is 1. The summed E-state index contributed by atoms with van der Waals surface area (Å²) in [5, 5.41) is 3.75. The number of rotatable bonds is 5. The lowest BCUT2D eigenvalue weighted by Gasteiger charge is -2.32. The van der Waals surface area contributed by atoms with Crippen LogP contribution in [0.1, 0.15) is 30.1 Å². The van der Waals surface area contributed by atoms with E-state index in [1.807, 2.05) is 4.90 Å². The number of nitrogen functional groups attached to an aromatic ring is 1. The summed E-state index contributed by atoms with van der Waals surface area (Å²) in [5.74, 6) is 1.07. The number of piperidine rings is 1. The molecule has 0 unspecified atom stereocenters. The van der Waals surface area contributed by atoms with Gasteiger partial charge in [0, 0.05) is 19.2 Å². The summed E-state index contributed by atoms with van der Waals surface area (Å²) >= 11 is 6.05. The van der Waals surface area contributed by atoms with Gasteiger partial charge in [0.15, 0.2) is 0 Å². The average molecular weight is 326 g/mol. The molecule has 1 heterocycles. The summed E-state index contributed by atoms with van der Waals surface area (Å²) in [6, 6.07) is 3.20. The fraction of sp³-hybridized carbons (Fsp3) is 0.562. The minimum Gasteiger partial charge on any atom is -0.496 e. The predicted octanol–water partition coefficient (Wildman–Crippen LogP) is 2.39. The molecule has 0 radical (unpaired) electrons. The van der Waals surface area contributed by atoms with Gasteiger partial charge < -0.3 is 20.7 Å². The molecule has 1 amide bonds. The minimum absolute atomic E-state index is 0.0411. The van der Waals surface area contributed by atoms with Crippen molar-refractivity contribution in [3.05, 3.63) is 22.7 Å². The Morgan fingerprint density at radius 3 is 2.73 bits per heavy atom. The molecule has 1 aliphatic rings. The van der Waals surface area contributed by atoms with Gasteiger partial charge in [0.05, 0.1) is 23.4 Å². The Bertz CT molecular complexity index is 528. The first kappa shape index (κ1) is 16.9. The molecule has 1 aromatic rings. The van der Waals surface area contributed by atoms with Crippen LogP contribution in [-0.2, 0) is 0 Å². The van der Waals surface area contributed by atoms with Crippen LogP contribution >= 0.6 is 11.6 Å². The highest BCUT2D eigenvalue weighted by atomic mass is 35.5. The quantitative estimate of drug-likeness (QED) is 0.816. The van der Waals surface area contributed by atoms with Crippen molar-refractivity contribution in [2.75, 3.05) is 39.0 Å². The summed E-state index contributed by atoms with van der Waals surface area (Å²) in [6.07, 6.45) is 2.04. The molecular formula is C16H24ClN3O2. The lowest BCUT2D eigenvalue weighted by atomic mass is 9.96. The maximum atomic E-state index is 12.7. The van der Waals surface area contributed by atoms with Crippen LogP contribution in [0.5, 0.6) is 5.75 Å². The molecule has 0 spiro atoms. The highest BCUT2D eigenvalue weighted by Crippen LogP contribution is 2.30. The van der Waals surface area contributed by atoms with Crippen molar-refractivity contribution >= 4 is 23.2 Å². The fourth-order valence-electron chi connectivity index (χ4n) is 2.76. The molecule has 1 aliphatic heterocycles. The standard InChI is InChI=1S/C16H24ClN3O2/c1-3-19-10-11-4-6-20(7-5-11)16(21)12-8-13(17)14(18)9-15(12)22-2/h8-9,11,19H,3-7,10,18H2,1-2H3. The summed E-state index contributed by atoms with van der Waals surface area (Å²) in [7, 11) is 1.53. The molecule has 22 heavy (non-hydrogen) atoms. The number of nitrogens with two attached hydrogens (primary N) is 1. The van der Waals surface area contributed by atoms with E-state index in [0.717, 1.165) is 39.0 Å². The van der Waals surface area contributed by atoms with E-state index in [2.05, 4.69) is 12.2 Å². The van der Waals surface area contributed by atoms with Crippen LogP contribution in [0, 0.1) is 5.92 Å². The molecular weight excluding hydrogens is 302 g/mol. The van der Waals surface area contributed by atoms with Crippen molar-refractivity contribution in [2.45, 2.75) is 19.8 Å². The van der Waals surface area contributed by atoms with Crippen molar-refractivity contribution in [3.63, 3.8) is 0 Å². The Kier molecular flexibility index (Phi) is 5.91. The predicted molar refractivity (Wildman–Crippen MR) is 89.6 cm³/mol. The molecule has 1 fully saturated rings. The molecule has 1 saturated heterocycles. The van der Waals surface area contributed by atoms with E-state index in [9.17, 15) is 4.79 Å². The summed E-state index contributed by atoms with van der Waals surface area (Å²) in [5.41, 5.74) is 6.66. The summed E-state index contributed by atoms with van der Waals surface area (Å²) in [4.78, 5) is 14.6. The molecule has 0 atom stereocenters. The topological polar surface area (TPSA) is 67.6 Å². The number of nitrogens with zero attached hydrogens (tertiary/aromatic N) is 1. The van der Waals surface area contributed by atoms with Gasteiger partial charge in [-0.3, -0.25) is 4.79 Å². The second kappa shape index (κ2) is 7.70. The number of anilines is 1. The lowest BCUT2D eigenvalue weighted by molar-refractivity contribution is 0.0687. The number of amides is 1. The first-order valence-electron chi connectivity index (χ1n) is 7.69. The Morgan fingerprint density at radius 1 is 1.45 bits per heavy atom. The summed E-state index contributed by atoms with van der Waals surface area (Å²) < 4.78 is 5.27. The average Bonchev–Trinajstić information content (AvgIpc) is 2.54. The van der Waals surface area contributed by atoms with Crippen LogP contribution in [0.4, 0.5) is 5.69 Å². The number of ether oxygens (including phenoxy) is 1. The smallest absolute Gasteiger partial charge is 0.257 e.